The largest absolute Gasteiger partial charge is 0.342 e. The molecular weight excluding hydrogens is 420 g/mol. The Morgan fingerprint density at radius 3 is 3.12 bits per heavy atom. The molecule has 2 aliphatic rings. The van der Waals surface area contributed by atoms with Crippen molar-refractivity contribution < 1.29 is 4.79 Å². The van der Waals surface area contributed by atoms with Gasteiger partial charge in [0.05, 0.1) is 17.1 Å². The van der Waals surface area contributed by atoms with Crippen LogP contribution in [-0.4, -0.2) is 44.1 Å². The first-order valence-corrected chi connectivity index (χ1v) is 12.2. The molecule has 7 nitrogen and oxygen atoms in total. The summed E-state index contributed by atoms with van der Waals surface area (Å²) in [6, 6.07) is 6.12. The topological polar surface area (TPSA) is 86.8 Å². The fourth-order valence-corrected chi connectivity index (χ4v) is 6.49. The molecule has 1 aliphatic heterocycles. The molecule has 2 atom stereocenters. The highest BCUT2D eigenvalue weighted by atomic mass is 32.1. The van der Waals surface area contributed by atoms with E-state index in [1.165, 1.54) is 16.9 Å². The van der Waals surface area contributed by atoms with E-state index in [9.17, 15) is 4.79 Å². The molecule has 4 aromatic rings. The number of piperidine rings is 1. The number of aromatic nitrogens is 4. The van der Waals surface area contributed by atoms with Crippen LogP contribution in [-0.2, 0) is 17.6 Å². The molecule has 1 saturated heterocycles. The zero-order chi connectivity index (χ0) is 21.7. The number of hydrogen-bond acceptors (Lipinski definition) is 6. The van der Waals surface area contributed by atoms with Gasteiger partial charge < -0.3 is 10.2 Å². The quantitative estimate of drug-likeness (QED) is 0.477. The smallest absolute Gasteiger partial charge is 0.226 e. The molecule has 2 unspecified atom stereocenters. The molecule has 3 aromatic heterocycles. The number of carbonyl (C=O) groups is 1. The number of carbonyl (C=O) groups excluding carboxylic acids is 1. The third-order valence-electron chi connectivity index (χ3n) is 6.87. The fraction of sp³-hybridized carbons (Fsp3) is 0.417. The summed E-state index contributed by atoms with van der Waals surface area (Å²) in [5.41, 5.74) is 3.30. The van der Waals surface area contributed by atoms with Gasteiger partial charge in [0.15, 0.2) is 0 Å². The van der Waals surface area contributed by atoms with Gasteiger partial charge in [-0.2, -0.15) is 5.10 Å². The number of aromatic amines is 1. The lowest BCUT2D eigenvalue weighted by Gasteiger charge is -2.34. The minimum absolute atomic E-state index is 0.0914. The Labute approximate surface area is 190 Å². The lowest BCUT2D eigenvalue weighted by atomic mass is 9.86. The second kappa shape index (κ2) is 7.85. The number of anilines is 2. The normalized spacial score (nSPS) is 21.1. The minimum atomic E-state index is 0.0914. The highest BCUT2D eigenvalue weighted by Gasteiger charge is 2.32. The molecule has 1 fully saturated rings. The van der Waals surface area contributed by atoms with Crippen molar-refractivity contribution in [1.82, 2.24) is 25.1 Å². The van der Waals surface area contributed by atoms with Gasteiger partial charge in [0.25, 0.3) is 0 Å². The van der Waals surface area contributed by atoms with Gasteiger partial charge in [-0.25, -0.2) is 9.97 Å². The number of nitrogens with one attached hydrogen (secondary N) is 2. The third kappa shape index (κ3) is 3.43. The van der Waals surface area contributed by atoms with E-state index in [-0.39, 0.29) is 5.92 Å². The highest BCUT2D eigenvalue weighted by molar-refractivity contribution is 7.19. The predicted octanol–water partition coefficient (Wildman–Crippen LogP) is 4.67. The molecule has 1 aromatic carbocycles. The summed E-state index contributed by atoms with van der Waals surface area (Å²) in [7, 11) is 0. The van der Waals surface area contributed by atoms with Crippen molar-refractivity contribution in [3.63, 3.8) is 0 Å². The number of amides is 1. The molecule has 0 saturated carbocycles. The average molecular weight is 447 g/mol. The molecule has 1 aliphatic carbocycles. The lowest BCUT2D eigenvalue weighted by Crippen LogP contribution is -2.43. The zero-order valence-electron chi connectivity index (χ0n) is 18.1. The number of aryl methyl sites for hydroxylation is 1. The van der Waals surface area contributed by atoms with E-state index in [2.05, 4.69) is 43.4 Å². The summed E-state index contributed by atoms with van der Waals surface area (Å²) in [4.78, 5) is 26.7. The summed E-state index contributed by atoms with van der Waals surface area (Å²) in [6.07, 6.45) is 8.43. The van der Waals surface area contributed by atoms with Gasteiger partial charge in [-0.05, 0) is 61.8 Å². The summed E-state index contributed by atoms with van der Waals surface area (Å²) >= 11 is 1.72. The van der Waals surface area contributed by atoms with Crippen LogP contribution in [0.2, 0.25) is 0 Å². The van der Waals surface area contributed by atoms with E-state index < -0.39 is 0 Å². The van der Waals surface area contributed by atoms with Crippen molar-refractivity contribution >= 4 is 49.9 Å². The Balaban J connectivity index is 1.28. The van der Waals surface area contributed by atoms with E-state index in [4.69, 9.17) is 0 Å². The van der Waals surface area contributed by atoms with Crippen molar-refractivity contribution in [2.45, 2.75) is 39.0 Å². The Morgan fingerprint density at radius 1 is 1.28 bits per heavy atom. The van der Waals surface area contributed by atoms with E-state index >= 15 is 0 Å². The molecule has 0 bridgehead atoms. The first-order chi connectivity index (χ1) is 15.7. The van der Waals surface area contributed by atoms with Crippen molar-refractivity contribution in [2.24, 2.45) is 11.8 Å². The van der Waals surface area contributed by atoms with Gasteiger partial charge >= 0.3 is 0 Å². The van der Waals surface area contributed by atoms with Crippen LogP contribution in [0.4, 0.5) is 11.5 Å². The molecule has 6 rings (SSSR count). The van der Waals surface area contributed by atoms with Crippen LogP contribution < -0.4 is 5.32 Å². The summed E-state index contributed by atoms with van der Waals surface area (Å²) < 4.78 is 0. The number of benzene rings is 1. The second-order valence-electron chi connectivity index (χ2n) is 9.17. The fourth-order valence-electron chi connectivity index (χ4n) is 5.22. The predicted molar refractivity (Wildman–Crippen MR) is 127 cm³/mol. The Morgan fingerprint density at radius 2 is 2.22 bits per heavy atom. The molecule has 0 spiro atoms. The first kappa shape index (κ1) is 19.7. The number of hydrogen-bond donors (Lipinski definition) is 2. The first-order valence-electron chi connectivity index (χ1n) is 11.4. The number of likely N-dealkylation sites (tertiary alicyclic amines) is 1. The summed E-state index contributed by atoms with van der Waals surface area (Å²) in [5.74, 6) is 1.89. The average Bonchev–Trinajstić information content (AvgIpc) is 3.42. The monoisotopic (exact) mass is 446 g/mol. The minimum Gasteiger partial charge on any atom is -0.342 e. The van der Waals surface area contributed by atoms with Crippen LogP contribution in [0, 0.1) is 11.8 Å². The van der Waals surface area contributed by atoms with Crippen LogP contribution in [0.15, 0.2) is 30.7 Å². The van der Waals surface area contributed by atoms with Crippen LogP contribution in [0.3, 0.4) is 0 Å². The van der Waals surface area contributed by atoms with E-state index in [1.807, 2.05) is 18.3 Å². The maximum Gasteiger partial charge on any atom is 0.226 e. The van der Waals surface area contributed by atoms with Crippen molar-refractivity contribution in [2.75, 3.05) is 18.4 Å². The summed E-state index contributed by atoms with van der Waals surface area (Å²) in [5, 5.41) is 12.7. The van der Waals surface area contributed by atoms with E-state index in [1.54, 1.807) is 17.7 Å². The van der Waals surface area contributed by atoms with Gasteiger partial charge in [-0.3, -0.25) is 9.89 Å². The molecular formula is C24H26N6OS. The van der Waals surface area contributed by atoms with Crippen LogP contribution in [0.5, 0.6) is 0 Å². The van der Waals surface area contributed by atoms with Gasteiger partial charge in [0.2, 0.25) is 5.91 Å². The molecule has 8 heteroatoms. The maximum atomic E-state index is 13.2. The van der Waals surface area contributed by atoms with Crippen molar-refractivity contribution in [3.05, 3.63) is 41.2 Å². The van der Waals surface area contributed by atoms with Gasteiger partial charge in [0, 0.05) is 35.0 Å². The van der Waals surface area contributed by atoms with Crippen LogP contribution >= 0.6 is 11.3 Å². The van der Waals surface area contributed by atoms with Crippen LogP contribution in [0.25, 0.3) is 21.1 Å². The zero-order valence-corrected chi connectivity index (χ0v) is 18.9. The summed E-state index contributed by atoms with van der Waals surface area (Å²) in [6.45, 7) is 4.08. The number of H-pyrrole nitrogens is 1. The Bertz CT molecular complexity index is 1310. The number of nitrogens with zero attached hydrogens (tertiary/aromatic N) is 4. The Kier molecular flexibility index (Phi) is 4.82. The van der Waals surface area contributed by atoms with Crippen molar-refractivity contribution in [1.29, 1.82) is 0 Å². The van der Waals surface area contributed by atoms with Crippen LogP contribution in [0.1, 0.15) is 36.6 Å². The number of thiophene rings is 1. The molecule has 2 N–H and O–H groups in total. The SMILES string of the molecule is CC1CCCN(C(=O)C2CCc3c(sc4ncnc(Nc5ccc6[nH]ncc6c5)c34)C2)C1. The second-order valence-corrected chi connectivity index (χ2v) is 10.3. The number of rotatable bonds is 3. The van der Waals surface area contributed by atoms with Gasteiger partial charge in [-0.1, -0.05) is 6.92 Å². The standard InChI is InChI=1S/C24H26N6OS/c1-14-3-2-8-30(12-14)24(31)15-4-6-18-20(10-15)32-23-21(18)22(25-13-26-23)28-17-5-7-19-16(9-17)11-27-29-19/h5,7,9,11,13-15H,2-4,6,8,10,12H2,1H3,(H,27,29)(H,25,26,28). The molecule has 164 valence electrons. The van der Waals surface area contributed by atoms with E-state index in [0.717, 1.165) is 71.4 Å². The lowest BCUT2D eigenvalue weighted by molar-refractivity contribution is -0.137. The number of fused-ring (bicyclic) bond motifs is 4. The maximum absolute atomic E-state index is 13.2. The highest BCUT2D eigenvalue weighted by Crippen LogP contribution is 2.41. The Hall–Kier alpha value is -3.00. The molecule has 1 amide bonds. The van der Waals surface area contributed by atoms with E-state index in [0.29, 0.717) is 11.8 Å². The van der Waals surface area contributed by atoms with Gasteiger partial charge in [-0.15, -0.1) is 11.3 Å². The van der Waals surface area contributed by atoms with Gasteiger partial charge in [0.1, 0.15) is 17.0 Å². The third-order valence-corrected chi connectivity index (χ3v) is 8.03. The molecule has 32 heavy (non-hydrogen) atoms. The molecule has 0 radical (unpaired) electrons. The molecule has 4 heterocycles. The van der Waals surface area contributed by atoms with Crippen molar-refractivity contribution in [3.8, 4) is 0 Å².